The van der Waals surface area contributed by atoms with Gasteiger partial charge >= 0.3 is 0 Å². The van der Waals surface area contributed by atoms with Gasteiger partial charge in [-0.3, -0.25) is 4.79 Å². The Labute approximate surface area is 142 Å². The molecule has 8 heteroatoms. The molecule has 0 radical (unpaired) electrons. The Bertz CT molecular complexity index is 650. The van der Waals surface area contributed by atoms with Crippen LogP contribution in [0.5, 0.6) is 5.75 Å². The summed E-state index contributed by atoms with van der Waals surface area (Å²) < 4.78 is 33.2. The highest BCUT2D eigenvalue weighted by Crippen LogP contribution is 2.33. The summed E-state index contributed by atoms with van der Waals surface area (Å²) in [5, 5.41) is 0. The van der Waals surface area contributed by atoms with E-state index in [-0.39, 0.29) is 22.6 Å². The van der Waals surface area contributed by atoms with E-state index in [9.17, 15) is 13.6 Å². The van der Waals surface area contributed by atoms with Crippen LogP contribution in [0.4, 0.5) is 8.78 Å². The highest BCUT2D eigenvalue weighted by molar-refractivity contribution is 9.12. The molecule has 0 aliphatic rings. The quantitative estimate of drug-likeness (QED) is 0.523. The van der Waals surface area contributed by atoms with Crippen LogP contribution in [0.2, 0.25) is 0 Å². The van der Waals surface area contributed by atoms with E-state index in [1.165, 1.54) is 11.3 Å². The lowest BCUT2D eigenvalue weighted by atomic mass is 10.2. The summed E-state index contributed by atoms with van der Waals surface area (Å²) in [5.74, 6) is -2.09. The fourth-order valence-corrected chi connectivity index (χ4v) is 4.79. The second-order valence-corrected chi connectivity index (χ2v) is 8.25. The molecule has 0 spiro atoms. The number of rotatable bonds is 4. The molecule has 0 saturated carbocycles. The minimum absolute atomic E-state index is 0.119. The van der Waals surface area contributed by atoms with E-state index in [2.05, 4.69) is 47.8 Å². The third kappa shape index (κ3) is 3.66. The van der Waals surface area contributed by atoms with Gasteiger partial charge < -0.3 is 4.74 Å². The second-order valence-electron chi connectivity index (χ2n) is 3.65. The van der Waals surface area contributed by atoms with E-state index in [0.717, 1.165) is 9.85 Å². The van der Waals surface area contributed by atoms with Crippen LogP contribution >= 0.6 is 59.1 Å². The van der Waals surface area contributed by atoms with Crippen molar-refractivity contribution in [2.24, 2.45) is 0 Å². The van der Waals surface area contributed by atoms with Crippen LogP contribution in [0.1, 0.15) is 10.4 Å². The number of ether oxygens (including phenoxy) is 1. The van der Waals surface area contributed by atoms with Crippen LogP contribution in [0, 0.1) is 11.6 Å². The van der Waals surface area contributed by atoms with E-state index in [1.807, 2.05) is 0 Å². The Morgan fingerprint density at radius 3 is 2.45 bits per heavy atom. The molecule has 106 valence electrons. The number of carbonyl (C=O) groups excluding carboxylic acids is 1. The fraction of sp³-hybridized carbons (Fsp3) is 0.0833. The Hall–Kier alpha value is -0.310. The average Bonchev–Trinajstić information content (AvgIpc) is 2.66. The minimum atomic E-state index is -0.866. The summed E-state index contributed by atoms with van der Waals surface area (Å²) >= 11 is 10.9. The normalized spacial score (nSPS) is 10.7. The van der Waals surface area contributed by atoms with Crippen molar-refractivity contribution < 1.29 is 18.3 Å². The zero-order valence-electron chi connectivity index (χ0n) is 9.55. The molecule has 1 aromatic heterocycles. The molecule has 0 unspecified atom stereocenters. The highest BCUT2D eigenvalue weighted by atomic mass is 79.9. The molecule has 1 aromatic carbocycles. The van der Waals surface area contributed by atoms with E-state index < -0.39 is 11.6 Å². The molecule has 0 saturated heterocycles. The van der Waals surface area contributed by atoms with Crippen molar-refractivity contribution >= 4 is 64.9 Å². The topological polar surface area (TPSA) is 26.3 Å². The van der Waals surface area contributed by atoms with Crippen molar-refractivity contribution in [2.75, 3.05) is 6.61 Å². The SMILES string of the molecule is O=C(COc1c(F)cc(F)cc1Br)c1cc(Br)sc1Br. The molecular formula is C12H5Br3F2O2S. The van der Waals surface area contributed by atoms with Gasteiger partial charge in [-0.2, -0.15) is 0 Å². The zero-order valence-corrected chi connectivity index (χ0v) is 15.1. The summed E-state index contributed by atoms with van der Waals surface area (Å²) in [6, 6.07) is 3.41. The lowest BCUT2D eigenvalue weighted by Crippen LogP contribution is -2.12. The molecular weight excluding hydrogens is 486 g/mol. The maximum absolute atomic E-state index is 13.5. The summed E-state index contributed by atoms with van der Waals surface area (Å²) in [6.07, 6.45) is 0. The van der Waals surface area contributed by atoms with Crippen molar-refractivity contribution in [3.63, 3.8) is 0 Å². The Morgan fingerprint density at radius 2 is 1.90 bits per heavy atom. The van der Waals surface area contributed by atoms with Crippen LogP contribution < -0.4 is 4.74 Å². The Kier molecular flexibility index (Phi) is 5.33. The number of hydrogen-bond acceptors (Lipinski definition) is 3. The summed E-state index contributed by atoms with van der Waals surface area (Å²) in [5.41, 5.74) is 0.445. The van der Waals surface area contributed by atoms with Crippen molar-refractivity contribution in [1.82, 2.24) is 0 Å². The molecule has 0 aliphatic carbocycles. The maximum Gasteiger partial charge on any atom is 0.202 e. The van der Waals surface area contributed by atoms with E-state index in [1.54, 1.807) is 6.07 Å². The Morgan fingerprint density at radius 1 is 1.20 bits per heavy atom. The second kappa shape index (κ2) is 6.64. The van der Waals surface area contributed by atoms with Gasteiger partial charge in [-0.05, 0) is 59.9 Å². The molecule has 0 bridgehead atoms. The number of halogens is 5. The van der Waals surface area contributed by atoms with Gasteiger partial charge in [-0.1, -0.05) is 0 Å². The van der Waals surface area contributed by atoms with E-state index in [4.69, 9.17) is 4.74 Å². The maximum atomic E-state index is 13.5. The first-order chi connectivity index (χ1) is 9.38. The average molecular weight is 491 g/mol. The molecule has 0 amide bonds. The van der Waals surface area contributed by atoms with Gasteiger partial charge in [0.1, 0.15) is 5.82 Å². The number of carbonyl (C=O) groups is 1. The monoisotopic (exact) mass is 488 g/mol. The van der Waals surface area contributed by atoms with Crippen LogP contribution in [0.3, 0.4) is 0 Å². The number of Topliss-reactive ketones (excluding diaryl/α,β-unsaturated/α-hetero) is 1. The van der Waals surface area contributed by atoms with Gasteiger partial charge in [-0.15, -0.1) is 11.3 Å². The van der Waals surface area contributed by atoms with Crippen LogP contribution in [0.15, 0.2) is 30.2 Å². The molecule has 0 aliphatic heterocycles. The molecule has 0 atom stereocenters. The molecule has 1 heterocycles. The first-order valence-electron chi connectivity index (χ1n) is 5.14. The number of benzene rings is 1. The van der Waals surface area contributed by atoms with Gasteiger partial charge in [0.15, 0.2) is 18.2 Å². The predicted octanol–water partition coefficient (Wildman–Crippen LogP) is 5.58. The zero-order chi connectivity index (χ0) is 14.9. The van der Waals surface area contributed by atoms with Crippen LogP contribution in [-0.2, 0) is 0 Å². The molecule has 0 N–H and O–H groups in total. The highest BCUT2D eigenvalue weighted by Gasteiger charge is 2.17. The van der Waals surface area contributed by atoms with Gasteiger partial charge in [0, 0.05) is 11.6 Å². The van der Waals surface area contributed by atoms with Gasteiger partial charge in [0.2, 0.25) is 5.78 Å². The molecule has 2 rings (SSSR count). The number of hydrogen-bond donors (Lipinski definition) is 0. The molecule has 20 heavy (non-hydrogen) atoms. The third-order valence-electron chi connectivity index (χ3n) is 2.27. The smallest absolute Gasteiger partial charge is 0.202 e. The molecule has 2 aromatic rings. The summed E-state index contributed by atoms with van der Waals surface area (Å²) in [6.45, 7) is -0.344. The minimum Gasteiger partial charge on any atom is -0.481 e. The van der Waals surface area contributed by atoms with Crippen LogP contribution in [0.25, 0.3) is 0 Å². The number of ketones is 1. The standard InChI is InChI=1S/C12H5Br3F2O2S/c13-7-1-5(16)2-8(17)11(7)19-4-9(18)6-3-10(14)20-12(6)15/h1-3H,4H2. The van der Waals surface area contributed by atoms with Crippen molar-refractivity contribution in [2.45, 2.75) is 0 Å². The predicted molar refractivity (Wildman–Crippen MR) is 83.6 cm³/mol. The van der Waals surface area contributed by atoms with Crippen molar-refractivity contribution in [1.29, 1.82) is 0 Å². The first kappa shape index (κ1) is 16.1. The lowest BCUT2D eigenvalue weighted by Gasteiger charge is -2.08. The summed E-state index contributed by atoms with van der Waals surface area (Å²) in [7, 11) is 0. The molecule has 0 fully saturated rings. The Balaban J connectivity index is 2.13. The molecule has 2 nitrogen and oxygen atoms in total. The lowest BCUT2D eigenvalue weighted by molar-refractivity contribution is 0.0918. The van der Waals surface area contributed by atoms with Gasteiger partial charge in [-0.25, -0.2) is 8.78 Å². The first-order valence-corrected chi connectivity index (χ1v) is 8.33. The van der Waals surface area contributed by atoms with Crippen LogP contribution in [-0.4, -0.2) is 12.4 Å². The van der Waals surface area contributed by atoms with E-state index in [0.29, 0.717) is 15.4 Å². The van der Waals surface area contributed by atoms with E-state index >= 15 is 0 Å². The van der Waals surface area contributed by atoms with Crippen molar-refractivity contribution in [3.05, 3.63) is 47.4 Å². The largest absolute Gasteiger partial charge is 0.481 e. The third-order valence-corrected chi connectivity index (χ3v) is 5.20. The van der Waals surface area contributed by atoms with Crippen molar-refractivity contribution in [3.8, 4) is 5.75 Å². The number of thiophene rings is 1. The fourth-order valence-electron chi connectivity index (χ4n) is 1.41. The summed E-state index contributed by atoms with van der Waals surface area (Å²) in [4.78, 5) is 12.0. The van der Waals surface area contributed by atoms with Gasteiger partial charge in [0.25, 0.3) is 0 Å². The van der Waals surface area contributed by atoms with Gasteiger partial charge in [0.05, 0.1) is 12.0 Å².